The monoisotopic (exact) mass is 477 g/mol. The van der Waals surface area contributed by atoms with Crippen molar-refractivity contribution >= 4 is 24.1 Å². The van der Waals surface area contributed by atoms with Crippen molar-refractivity contribution in [2.75, 3.05) is 11.9 Å². The molecule has 0 aliphatic carbocycles. The molecular weight excluding hydrogens is 461 g/mol. The average Bonchev–Trinajstić information content (AvgIpc) is 3.01. The predicted molar refractivity (Wildman–Crippen MR) is 92.3 cm³/mol. The molecule has 0 atom stereocenters. The second kappa shape index (κ2) is 6.57. The Morgan fingerprint density at radius 1 is 0.913 bits per heavy atom. The number of nitrogens with zero attached hydrogens (tertiary/aromatic N) is 3. The maximum absolute atomic E-state index is 4.60. The molecule has 0 N–H and O–H groups in total. The average molecular weight is 476 g/mol. The Hall–Kier alpha value is -2.10. The van der Waals surface area contributed by atoms with Crippen LogP contribution in [0.15, 0.2) is 73.2 Å². The van der Waals surface area contributed by atoms with Gasteiger partial charge in [-0.2, -0.15) is 0 Å². The molecule has 0 bridgehead atoms. The molecule has 5 heteroatoms. The van der Waals surface area contributed by atoms with Crippen molar-refractivity contribution in [3.63, 3.8) is 0 Å². The van der Waals surface area contributed by atoms with Crippen molar-refractivity contribution in [3.8, 4) is 11.1 Å². The molecular formula is C18H15BIrN3. The first-order valence-corrected chi connectivity index (χ1v) is 7.29. The summed E-state index contributed by atoms with van der Waals surface area (Å²) in [6, 6.07) is 19.0. The second-order valence-corrected chi connectivity index (χ2v) is 5.42. The number of anilines is 1. The zero-order valence-electron chi connectivity index (χ0n) is 12.7. The Bertz CT molecular complexity index is 843. The molecule has 0 saturated carbocycles. The van der Waals surface area contributed by atoms with E-state index in [1.807, 2.05) is 42.8 Å². The third-order valence-electron chi connectivity index (χ3n) is 3.88. The molecule has 0 spiro atoms. The summed E-state index contributed by atoms with van der Waals surface area (Å²) < 4.78 is 0. The third-order valence-corrected chi connectivity index (χ3v) is 3.88. The van der Waals surface area contributed by atoms with Crippen molar-refractivity contribution in [1.82, 2.24) is 9.79 Å². The minimum Gasteiger partial charge on any atom is -0.406 e. The van der Waals surface area contributed by atoms with Crippen LogP contribution in [0.25, 0.3) is 21.9 Å². The first kappa shape index (κ1) is 15.8. The molecule has 0 fully saturated rings. The largest absolute Gasteiger partial charge is 0.406 e. The summed E-state index contributed by atoms with van der Waals surface area (Å²) in [7, 11) is 4.00. The Kier molecular flexibility index (Phi) is 4.51. The van der Waals surface area contributed by atoms with E-state index in [1.54, 1.807) is 0 Å². The van der Waals surface area contributed by atoms with Crippen molar-refractivity contribution in [3.05, 3.63) is 73.2 Å². The fourth-order valence-corrected chi connectivity index (χ4v) is 2.76. The van der Waals surface area contributed by atoms with E-state index in [1.165, 1.54) is 16.3 Å². The molecule has 2 radical (unpaired) electrons. The number of rotatable bonds is 2. The predicted octanol–water partition coefficient (Wildman–Crippen LogP) is 3.66. The SMILES string of the molecule is CN1[B]N(c2ccc(-c3cccc4ccccc34)cn2)C=C1.[Ir]. The molecule has 1 aromatic heterocycles. The summed E-state index contributed by atoms with van der Waals surface area (Å²) in [5.41, 5.74) is 2.35. The first-order valence-electron chi connectivity index (χ1n) is 7.29. The number of hydrogen-bond donors (Lipinski definition) is 0. The smallest absolute Gasteiger partial charge is 0.396 e. The Morgan fingerprint density at radius 2 is 1.74 bits per heavy atom. The van der Waals surface area contributed by atoms with Crippen LogP contribution in [0.1, 0.15) is 0 Å². The van der Waals surface area contributed by atoms with Gasteiger partial charge >= 0.3 is 7.55 Å². The van der Waals surface area contributed by atoms with Gasteiger partial charge < -0.3 is 9.62 Å². The van der Waals surface area contributed by atoms with Crippen molar-refractivity contribution < 1.29 is 20.1 Å². The van der Waals surface area contributed by atoms with E-state index < -0.39 is 0 Å². The Morgan fingerprint density at radius 3 is 2.48 bits per heavy atom. The summed E-state index contributed by atoms with van der Waals surface area (Å²) in [4.78, 5) is 8.60. The Balaban J connectivity index is 0.00000156. The number of aromatic nitrogens is 1. The summed E-state index contributed by atoms with van der Waals surface area (Å²) in [5.74, 6) is 0.921. The molecule has 1 aliphatic heterocycles. The van der Waals surface area contributed by atoms with Crippen LogP contribution >= 0.6 is 0 Å². The van der Waals surface area contributed by atoms with Gasteiger partial charge in [0, 0.05) is 44.3 Å². The minimum absolute atomic E-state index is 0. The van der Waals surface area contributed by atoms with Crippen molar-refractivity contribution in [1.29, 1.82) is 0 Å². The Labute approximate surface area is 150 Å². The van der Waals surface area contributed by atoms with Gasteiger partial charge in [-0.1, -0.05) is 42.5 Å². The first-order chi connectivity index (χ1) is 10.8. The van der Waals surface area contributed by atoms with Gasteiger partial charge in [0.1, 0.15) is 5.82 Å². The van der Waals surface area contributed by atoms with E-state index in [9.17, 15) is 0 Å². The molecule has 0 amide bonds. The fraction of sp³-hybridized carbons (Fsp3) is 0.0556. The van der Waals surface area contributed by atoms with Crippen LogP contribution in [0.2, 0.25) is 0 Å². The van der Waals surface area contributed by atoms with Crippen LogP contribution in [-0.2, 0) is 20.1 Å². The number of fused-ring (bicyclic) bond motifs is 1. The van der Waals surface area contributed by atoms with Gasteiger partial charge in [-0.25, -0.2) is 4.98 Å². The molecule has 0 saturated heterocycles. The molecule has 3 nitrogen and oxygen atoms in total. The van der Waals surface area contributed by atoms with Gasteiger partial charge in [0.2, 0.25) is 0 Å². The van der Waals surface area contributed by atoms with Crippen LogP contribution in [0.3, 0.4) is 0 Å². The molecule has 2 aromatic carbocycles. The zero-order chi connectivity index (χ0) is 14.9. The van der Waals surface area contributed by atoms with E-state index in [2.05, 4.69) is 59.6 Å². The quantitative estimate of drug-likeness (QED) is 0.527. The number of pyridine rings is 1. The van der Waals surface area contributed by atoms with E-state index in [0.717, 1.165) is 11.4 Å². The van der Waals surface area contributed by atoms with E-state index in [4.69, 9.17) is 0 Å². The van der Waals surface area contributed by atoms with Gasteiger partial charge in [-0.05, 0) is 35.5 Å². The summed E-state index contributed by atoms with van der Waals surface area (Å²) in [6.45, 7) is 0. The zero-order valence-corrected chi connectivity index (χ0v) is 15.1. The van der Waals surface area contributed by atoms with Gasteiger partial charge in [0.05, 0.1) is 0 Å². The van der Waals surface area contributed by atoms with Gasteiger partial charge in [-0.3, -0.25) is 0 Å². The van der Waals surface area contributed by atoms with Crippen LogP contribution in [0, 0.1) is 0 Å². The molecule has 1 aliphatic rings. The van der Waals surface area contributed by atoms with E-state index >= 15 is 0 Å². The van der Waals surface area contributed by atoms with Crippen molar-refractivity contribution in [2.24, 2.45) is 0 Å². The molecule has 114 valence electrons. The maximum Gasteiger partial charge on any atom is 0.396 e. The van der Waals surface area contributed by atoms with Gasteiger partial charge in [-0.15, -0.1) is 0 Å². The minimum atomic E-state index is 0. The van der Waals surface area contributed by atoms with E-state index in [0.29, 0.717) is 0 Å². The van der Waals surface area contributed by atoms with Crippen molar-refractivity contribution in [2.45, 2.75) is 0 Å². The van der Waals surface area contributed by atoms with Gasteiger partial charge in [0.15, 0.2) is 0 Å². The van der Waals surface area contributed by atoms with Crippen LogP contribution in [-0.4, -0.2) is 24.4 Å². The summed E-state index contributed by atoms with van der Waals surface area (Å²) in [6.07, 6.45) is 5.94. The number of benzene rings is 2. The number of hydrogen-bond acceptors (Lipinski definition) is 3. The van der Waals surface area contributed by atoms with Crippen LogP contribution in [0.4, 0.5) is 5.82 Å². The second-order valence-electron chi connectivity index (χ2n) is 5.42. The maximum atomic E-state index is 4.60. The molecule has 2 heterocycles. The fourth-order valence-electron chi connectivity index (χ4n) is 2.76. The molecule has 4 rings (SSSR count). The molecule has 3 aromatic rings. The third kappa shape index (κ3) is 3.03. The van der Waals surface area contributed by atoms with Gasteiger partial charge in [0.25, 0.3) is 0 Å². The van der Waals surface area contributed by atoms with E-state index in [-0.39, 0.29) is 20.1 Å². The van der Waals surface area contributed by atoms with Crippen LogP contribution in [0.5, 0.6) is 0 Å². The standard InChI is InChI=1S/C18H15BN3.Ir/c1-21-11-12-22(19-21)18-10-9-15(13-20-18)17-8-4-6-14-5-2-3-7-16(14)17;/h2-13H,1H3;. The van der Waals surface area contributed by atoms with Crippen LogP contribution < -0.4 is 4.81 Å². The normalized spacial score (nSPS) is 13.1. The summed E-state index contributed by atoms with van der Waals surface area (Å²) >= 11 is 0. The summed E-state index contributed by atoms with van der Waals surface area (Å²) in [5, 5.41) is 2.51. The molecule has 23 heavy (non-hydrogen) atoms. The molecule has 0 unspecified atom stereocenters. The topological polar surface area (TPSA) is 19.4 Å².